The van der Waals surface area contributed by atoms with Crippen LogP contribution in [0.25, 0.3) is 0 Å². The van der Waals surface area contributed by atoms with Gasteiger partial charge in [0.15, 0.2) is 5.69 Å². The van der Waals surface area contributed by atoms with Gasteiger partial charge in [0.2, 0.25) is 5.95 Å². The fraction of sp³-hybridized carbons (Fsp3) is 0.611. The number of carbonyl (C=O) groups excluding carboxylic acids is 1. The quantitative estimate of drug-likeness (QED) is 0.841. The Balaban J connectivity index is 1.38. The number of halogens is 1. The summed E-state index contributed by atoms with van der Waals surface area (Å²) in [5.74, 6) is 2.28. The average Bonchev–Trinajstić information content (AvgIpc) is 3.28. The summed E-state index contributed by atoms with van der Waals surface area (Å²) in [6, 6.07) is 0. The van der Waals surface area contributed by atoms with E-state index in [0.29, 0.717) is 18.9 Å². The van der Waals surface area contributed by atoms with Crippen molar-refractivity contribution in [3.8, 4) is 0 Å². The van der Waals surface area contributed by atoms with Crippen LogP contribution in [0.5, 0.6) is 0 Å². The molecule has 2 aliphatic heterocycles. The van der Waals surface area contributed by atoms with Crippen molar-refractivity contribution in [3.63, 3.8) is 0 Å². The van der Waals surface area contributed by atoms with Gasteiger partial charge in [0.05, 0.1) is 11.2 Å². The highest BCUT2D eigenvalue weighted by atomic mass is 35.5. The normalized spacial score (nSPS) is 16.9. The lowest BCUT2D eigenvalue weighted by molar-refractivity contribution is 0.0949. The summed E-state index contributed by atoms with van der Waals surface area (Å²) in [5.41, 5.74) is 0.230. The van der Waals surface area contributed by atoms with E-state index in [9.17, 15) is 4.79 Å². The van der Waals surface area contributed by atoms with Crippen molar-refractivity contribution in [1.82, 2.24) is 30.0 Å². The molecule has 2 aliphatic rings. The highest BCUT2D eigenvalue weighted by Gasteiger charge is 2.20. The van der Waals surface area contributed by atoms with Gasteiger partial charge in [-0.3, -0.25) is 4.79 Å². The first-order valence-electron chi connectivity index (χ1n) is 9.69. The summed E-state index contributed by atoms with van der Waals surface area (Å²) in [5, 5.41) is 11.8. The van der Waals surface area contributed by atoms with E-state index in [4.69, 9.17) is 11.6 Å². The van der Waals surface area contributed by atoms with Crippen LogP contribution in [0.4, 0.5) is 5.95 Å². The molecule has 4 rings (SSSR count). The van der Waals surface area contributed by atoms with Gasteiger partial charge < -0.3 is 14.8 Å². The maximum Gasteiger partial charge on any atom is 0.271 e. The van der Waals surface area contributed by atoms with Gasteiger partial charge in [0, 0.05) is 39.0 Å². The molecule has 144 valence electrons. The van der Waals surface area contributed by atoms with E-state index < -0.39 is 0 Å². The summed E-state index contributed by atoms with van der Waals surface area (Å²) in [6.45, 7) is 3.26. The monoisotopic (exact) mass is 389 g/mol. The molecule has 1 fully saturated rings. The van der Waals surface area contributed by atoms with Crippen LogP contribution < -0.4 is 10.2 Å². The zero-order chi connectivity index (χ0) is 18.6. The predicted octanol–water partition coefficient (Wildman–Crippen LogP) is 2.02. The van der Waals surface area contributed by atoms with Crippen molar-refractivity contribution in [2.24, 2.45) is 0 Å². The van der Waals surface area contributed by atoms with Crippen LogP contribution in [0.15, 0.2) is 6.20 Å². The van der Waals surface area contributed by atoms with Gasteiger partial charge >= 0.3 is 0 Å². The number of aromatic nitrogens is 5. The fourth-order valence-corrected chi connectivity index (χ4v) is 3.87. The molecule has 0 aromatic carbocycles. The Hall–Kier alpha value is -2.22. The number of rotatable bonds is 5. The average molecular weight is 390 g/mol. The summed E-state index contributed by atoms with van der Waals surface area (Å²) in [6.07, 6.45) is 8.92. The van der Waals surface area contributed by atoms with Crippen LogP contribution in [0.1, 0.15) is 54.2 Å². The van der Waals surface area contributed by atoms with Gasteiger partial charge in [-0.05, 0) is 25.7 Å². The topological polar surface area (TPSA) is 88.8 Å². The lowest BCUT2D eigenvalue weighted by Crippen LogP contribution is -2.29. The van der Waals surface area contributed by atoms with E-state index in [0.717, 1.165) is 57.0 Å². The minimum atomic E-state index is -0.279. The van der Waals surface area contributed by atoms with Gasteiger partial charge in [-0.2, -0.15) is 0 Å². The molecule has 0 aliphatic carbocycles. The molecule has 0 unspecified atom stereocenters. The fourth-order valence-electron chi connectivity index (χ4n) is 3.69. The Bertz CT molecular complexity index is 816. The molecule has 27 heavy (non-hydrogen) atoms. The van der Waals surface area contributed by atoms with Crippen LogP contribution in [0.3, 0.4) is 0 Å². The molecule has 2 aromatic rings. The van der Waals surface area contributed by atoms with Crippen LogP contribution in [0.2, 0.25) is 5.02 Å². The van der Waals surface area contributed by atoms with Crippen molar-refractivity contribution >= 4 is 23.5 Å². The van der Waals surface area contributed by atoms with Crippen LogP contribution in [-0.2, 0) is 19.4 Å². The Morgan fingerprint density at radius 2 is 1.93 bits per heavy atom. The molecule has 2 aromatic heterocycles. The number of fused-ring (bicyclic) bond motifs is 1. The third-order valence-electron chi connectivity index (χ3n) is 5.16. The highest BCUT2D eigenvalue weighted by Crippen LogP contribution is 2.20. The van der Waals surface area contributed by atoms with E-state index >= 15 is 0 Å². The minimum Gasteiger partial charge on any atom is -0.350 e. The molecular formula is C18H24ClN7O. The minimum absolute atomic E-state index is 0.230. The highest BCUT2D eigenvalue weighted by molar-refractivity contribution is 6.33. The molecule has 8 nitrogen and oxygen atoms in total. The second kappa shape index (κ2) is 8.21. The number of nitrogens with one attached hydrogen (secondary N) is 1. The molecule has 0 spiro atoms. The van der Waals surface area contributed by atoms with Gasteiger partial charge in [0.25, 0.3) is 5.91 Å². The number of amides is 1. The Kier molecular flexibility index (Phi) is 5.52. The predicted molar refractivity (Wildman–Crippen MR) is 102 cm³/mol. The van der Waals surface area contributed by atoms with Crippen molar-refractivity contribution in [1.29, 1.82) is 0 Å². The Morgan fingerprint density at radius 3 is 2.78 bits per heavy atom. The zero-order valence-electron chi connectivity index (χ0n) is 15.3. The SMILES string of the molecule is O=C(NCCc1nnc2n1CCCCC2)c1nc(N2CCCC2)ncc1Cl. The molecule has 4 heterocycles. The molecule has 0 atom stereocenters. The number of hydrogen-bond acceptors (Lipinski definition) is 6. The summed E-state index contributed by atoms with van der Waals surface area (Å²) >= 11 is 6.16. The first kappa shape index (κ1) is 18.2. The molecule has 1 N–H and O–H groups in total. The molecular weight excluding hydrogens is 366 g/mol. The summed E-state index contributed by atoms with van der Waals surface area (Å²) in [4.78, 5) is 23.3. The first-order valence-corrected chi connectivity index (χ1v) is 10.1. The Labute approximate surface area is 163 Å². The maximum atomic E-state index is 12.6. The van der Waals surface area contributed by atoms with Crippen LogP contribution >= 0.6 is 11.6 Å². The molecule has 0 radical (unpaired) electrons. The second-order valence-corrected chi connectivity index (χ2v) is 7.47. The van der Waals surface area contributed by atoms with Gasteiger partial charge in [-0.15, -0.1) is 10.2 Å². The van der Waals surface area contributed by atoms with Crippen molar-refractivity contribution < 1.29 is 4.79 Å². The zero-order valence-corrected chi connectivity index (χ0v) is 16.1. The molecule has 1 saturated heterocycles. The van der Waals surface area contributed by atoms with E-state index in [2.05, 4.69) is 34.9 Å². The lowest BCUT2D eigenvalue weighted by Gasteiger charge is -2.16. The van der Waals surface area contributed by atoms with Crippen molar-refractivity contribution in [3.05, 3.63) is 28.6 Å². The number of hydrogen-bond donors (Lipinski definition) is 1. The standard InChI is InChI=1S/C18H24ClN7O/c19-13-12-21-18(25-9-4-5-10-25)22-16(13)17(27)20-8-7-15-24-23-14-6-2-1-3-11-26(14)15/h12H,1-11H2,(H,20,27). The van der Waals surface area contributed by atoms with E-state index in [1.807, 2.05) is 0 Å². The van der Waals surface area contributed by atoms with Crippen molar-refractivity contribution in [2.45, 2.75) is 51.5 Å². The van der Waals surface area contributed by atoms with E-state index in [1.54, 1.807) is 0 Å². The van der Waals surface area contributed by atoms with E-state index in [-0.39, 0.29) is 16.6 Å². The number of aryl methyl sites for hydroxylation is 1. The molecule has 1 amide bonds. The van der Waals surface area contributed by atoms with Crippen LogP contribution in [0, 0.1) is 0 Å². The molecule has 0 saturated carbocycles. The summed E-state index contributed by atoms with van der Waals surface area (Å²) < 4.78 is 2.20. The second-order valence-electron chi connectivity index (χ2n) is 7.06. The van der Waals surface area contributed by atoms with Gasteiger partial charge in [-0.25, -0.2) is 9.97 Å². The first-order chi connectivity index (χ1) is 13.2. The van der Waals surface area contributed by atoms with E-state index in [1.165, 1.54) is 19.0 Å². The van der Waals surface area contributed by atoms with Gasteiger partial charge in [-0.1, -0.05) is 18.0 Å². The smallest absolute Gasteiger partial charge is 0.271 e. The largest absolute Gasteiger partial charge is 0.350 e. The molecule has 0 bridgehead atoms. The van der Waals surface area contributed by atoms with Crippen molar-refractivity contribution in [2.75, 3.05) is 24.5 Å². The summed E-state index contributed by atoms with van der Waals surface area (Å²) in [7, 11) is 0. The molecule has 9 heteroatoms. The third-order valence-corrected chi connectivity index (χ3v) is 5.43. The number of anilines is 1. The Morgan fingerprint density at radius 1 is 1.11 bits per heavy atom. The maximum absolute atomic E-state index is 12.6. The number of nitrogens with zero attached hydrogens (tertiary/aromatic N) is 6. The third kappa shape index (κ3) is 4.05. The lowest BCUT2D eigenvalue weighted by atomic mass is 10.2. The number of carbonyl (C=O) groups is 1. The van der Waals surface area contributed by atoms with Crippen LogP contribution in [-0.4, -0.2) is 50.3 Å². The van der Waals surface area contributed by atoms with Gasteiger partial charge in [0.1, 0.15) is 11.6 Å².